The van der Waals surface area contributed by atoms with Crippen molar-refractivity contribution in [3.8, 4) is 0 Å². The third-order valence-corrected chi connectivity index (χ3v) is 3.66. The fraction of sp³-hybridized carbons (Fsp3) is 0.929. The summed E-state index contributed by atoms with van der Waals surface area (Å²) in [6.45, 7) is 4.70. The van der Waals surface area contributed by atoms with Crippen LogP contribution in [-0.4, -0.2) is 42.5 Å². The highest BCUT2D eigenvalue weighted by atomic mass is 15.3. The average Bonchev–Trinajstić information content (AvgIpc) is 2.59. The largest absolute Gasteiger partial charge is 0.264 e. The molecule has 1 aliphatic rings. The van der Waals surface area contributed by atoms with E-state index in [-0.39, 0.29) is 0 Å². The molecule has 2 nitrogen and oxygen atoms in total. The van der Waals surface area contributed by atoms with E-state index in [9.17, 15) is 0 Å². The summed E-state index contributed by atoms with van der Waals surface area (Å²) in [6, 6.07) is 0. The van der Waals surface area contributed by atoms with E-state index in [4.69, 9.17) is 0 Å². The molecule has 0 saturated heterocycles. The van der Waals surface area contributed by atoms with Crippen molar-refractivity contribution in [2.24, 2.45) is 0 Å². The zero-order chi connectivity index (χ0) is 11.8. The van der Waals surface area contributed by atoms with Crippen molar-refractivity contribution < 1.29 is 4.58 Å². The van der Waals surface area contributed by atoms with Crippen LogP contribution in [0.4, 0.5) is 0 Å². The zero-order valence-corrected chi connectivity index (χ0v) is 11.5. The fourth-order valence-corrected chi connectivity index (χ4v) is 2.47. The van der Waals surface area contributed by atoms with Gasteiger partial charge in [-0.05, 0) is 6.42 Å². The third-order valence-electron chi connectivity index (χ3n) is 3.66. The molecule has 0 atom stereocenters. The highest BCUT2D eigenvalue weighted by Crippen LogP contribution is 2.10. The second kappa shape index (κ2) is 7.70. The van der Waals surface area contributed by atoms with Crippen LogP contribution in [0.2, 0.25) is 0 Å². The normalized spacial score (nSPS) is 16.3. The Bertz CT molecular complexity index is 221. The van der Waals surface area contributed by atoms with E-state index in [2.05, 4.69) is 30.5 Å². The van der Waals surface area contributed by atoms with Crippen LogP contribution in [0, 0.1) is 0 Å². The molecule has 0 aromatic heterocycles. The SMILES string of the molecule is CCCCCCCCCC1=[N+](C)CCN1C. The molecule has 1 aliphatic heterocycles. The third kappa shape index (κ3) is 4.54. The molecule has 0 unspecified atom stereocenters. The van der Waals surface area contributed by atoms with Crippen molar-refractivity contribution in [1.29, 1.82) is 0 Å². The molecule has 0 saturated carbocycles. The molecule has 1 heterocycles. The molecular weight excluding hydrogens is 196 g/mol. The quantitative estimate of drug-likeness (QED) is 0.454. The molecule has 16 heavy (non-hydrogen) atoms. The Kier molecular flexibility index (Phi) is 6.51. The van der Waals surface area contributed by atoms with Crippen LogP contribution in [0.25, 0.3) is 0 Å². The van der Waals surface area contributed by atoms with Crippen molar-refractivity contribution >= 4 is 5.84 Å². The number of hydrogen-bond donors (Lipinski definition) is 0. The maximum Gasteiger partial charge on any atom is 0.246 e. The summed E-state index contributed by atoms with van der Waals surface area (Å²) in [7, 11) is 4.44. The summed E-state index contributed by atoms with van der Waals surface area (Å²) >= 11 is 0. The van der Waals surface area contributed by atoms with Crippen molar-refractivity contribution in [3.05, 3.63) is 0 Å². The molecule has 0 spiro atoms. The van der Waals surface area contributed by atoms with Crippen LogP contribution in [-0.2, 0) is 0 Å². The van der Waals surface area contributed by atoms with Gasteiger partial charge in [-0.25, -0.2) is 0 Å². The van der Waals surface area contributed by atoms with Gasteiger partial charge in [0.25, 0.3) is 0 Å². The zero-order valence-electron chi connectivity index (χ0n) is 11.5. The fourth-order valence-electron chi connectivity index (χ4n) is 2.47. The topological polar surface area (TPSA) is 6.25 Å². The van der Waals surface area contributed by atoms with Crippen LogP contribution in [0.1, 0.15) is 58.3 Å². The Balaban J connectivity index is 2.01. The van der Waals surface area contributed by atoms with Crippen LogP contribution in [0.15, 0.2) is 0 Å². The summed E-state index contributed by atoms with van der Waals surface area (Å²) in [4.78, 5) is 2.41. The summed E-state index contributed by atoms with van der Waals surface area (Å²) in [6.07, 6.45) is 11.1. The predicted molar refractivity (Wildman–Crippen MR) is 71.3 cm³/mol. The molecule has 0 aliphatic carbocycles. The van der Waals surface area contributed by atoms with Gasteiger partial charge in [-0.3, -0.25) is 9.48 Å². The molecule has 94 valence electrons. The second-order valence-electron chi connectivity index (χ2n) is 5.13. The number of amidine groups is 1. The molecule has 1 rings (SSSR count). The first kappa shape index (κ1) is 13.5. The summed E-state index contributed by atoms with van der Waals surface area (Å²) in [5.41, 5.74) is 0. The minimum Gasteiger partial charge on any atom is -0.264 e. The Morgan fingerprint density at radius 1 is 1.06 bits per heavy atom. The van der Waals surface area contributed by atoms with E-state index in [1.165, 1.54) is 64.5 Å². The minimum absolute atomic E-state index is 1.21. The van der Waals surface area contributed by atoms with Crippen molar-refractivity contribution in [2.75, 3.05) is 27.2 Å². The van der Waals surface area contributed by atoms with Gasteiger partial charge in [0.15, 0.2) is 0 Å². The van der Waals surface area contributed by atoms with Gasteiger partial charge >= 0.3 is 0 Å². The summed E-state index contributed by atoms with van der Waals surface area (Å²) < 4.78 is 2.41. The van der Waals surface area contributed by atoms with Crippen LogP contribution < -0.4 is 0 Å². The van der Waals surface area contributed by atoms with Crippen LogP contribution in [0.5, 0.6) is 0 Å². The molecule has 0 aromatic carbocycles. The molecule has 0 N–H and O–H groups in total. The smallest absolute Gasteiger partial charge is 0.246 e. The first-order valence-electron chi connectivity index (χ1n) is 7.03. The van der Waals surface area contributed by atoms with Crippen LogP contribution >= 0.6 is 0 Å². The van der Waals surface area contributed by atoms with E-state index in [0.717, 1.165) is 0 Å². The van der Waals surface area contributed by atoms with Crippen molar-refractivity contribution in [1.82, 2.24) is 4.90 Å². The van der Waals surface area contributed by atoms with Gasteiger partial charge in [-0.15, -0.1) is 0 Å². The van der Waals surface area contributed by atoms with E-state index < -0.39 is 0 Å². The lowest BCUT2D eigenvalue weighted by atomic mass is 10.1. The minimum atomic E-state index is 1.21. The number of likely N-dealkylation sites (N-methyl/N-ethyl adjacent to an activating group) is 2. The second-order valence-corrected chi connectivity index (χ2v) is 5.13. The van der Waals surface area contributed by atoms with Gasteiger partial charge in [0, 0.05) is 6.42 Å². The Morgan fingerprint density at radius 3 is 2.25 bits per heavy atom. The Hall–Kier alpha value is -0.530. The lowest BCUT2D eigenvalue weighted by Gasteiger charge is -2.06. The van der Waals surface area contributed by atoms with Gasteiger partial charge in [0.2, 0.25) is 5.84 Å². The summed E-state index contributed by atoms with van der Waals surface area (Å²) in [5, 5.41) is 0. The van der Waals surface area contributed by atoms with E-state index in [1.54, 1.807) is 5.84 Å². The maximum atomic E-state index is 2.41. The number of rotatable bonds is 8. The van der Waals surface area contributed by atoms with Crippen LogP contribution in [0.3, 0.4) is 0 Å². The molecule has 0 fully saturated rings. The first-order valence-corrected chi connectivity index (χ1v) is 7.03. The molecular formula is C14H29N2+. The van der Waals surface area contributed by atoms with Gasteiger partial charge in [0.05, 0.1) is 14.1 Å². The predicted octanol–water partition coefficient (Wildman–Crippen LogP) is 3.11. The standard InChI is InChI=1S/C14H29N2/c1-4-5-6-7-8-9-10-11-14-15(2)12-13-16(14)3/h4-13H2,1-3H3/q+1. The number of nitrogens with zero attached hydrogens (tertiary/aromatic N) is 2. The van der Waals surface area contributed by atoms with Gasteiger partial charge in [-0.1, -0.05) is 45.4 Å². The average molecular weight is 225 g/mol. The van der Waals surface area contributed by atoms with Crippen molar-refractivity contribution in [2.45, 2.75) is 58.3 Å². The number of unbranched alkanes of at least 4 members (excludes halogenated alkanes) is 6. The monoisotopic (exact) mass is 225 g/mol. The van der Waals surface area contributed by atoms with Gasteiger partial charge in [-0.2, -0.15) is 0 Å². The van der Waals surface area contributed by atoms with Crippen molar-refractivity contribution in [3.63, 3.8) is 0 Å². The highest BCUT2D eigenvalue weighted by Gasteiger charge is 2.23. The molecule has 0 bridgehead atoms. The lowest BCUT2D eigenvalue weighted by Crippen LogP contribution is -2.24. The maximum absolute atomic E-state index is 2.41. The van der Waals surface area contributed by atoms with E-state index in [1.807, 2.05) is 0 Å². The number of hydrogen-bond acceptors (Lipinski definition) is 1. The molecule has 0 radical (unpaired) electrons. The lowest BCUT2D eigenvalue weighted by molar-refractivity contribution is -0.487. The van der Waals surface area contributed by atoms with E-state index in [0.29, 0.717) is 0 Å². The molecule has 2 heteroatoms. The van der Waals surface area contributed by atoms with Gasteiger partial charge < -0.3 is 0 Å². The Labute approximate surface area is 101 Å². The van der Waals surface area contributed by atoms with Gasteiger partial charge in [0.1, 0.15) is 13.1 Å². The summed E-state index contributed by atoms with van der Waals surface area (Å²) in [5.74, 6) is 1.55. The first-order chi connectivity index (χ1) is 7.75. The molecule has 0 amide bonds. The highest BCUT2D eigenvalue weighted by molar-refractivity contribution is 5.78. The Morgan fingerprint density at radius 2 is 1.69 bits per heavy atom. The van der Waals surface area contributed by atoms with E-state index >= 15 is 0 Å². The molecule has 0 aromatic rings.